The summed E-state index contributed by atoms with van der Waals surface area (Å²) in [7, 11) is 0. The largest absolute Gasteiger partial charge is 0.322 e. The predicted octanol–water partition coefficient (Wildman–Crippen LogP) is 5.28. The molecule has 0 aliphatic heterocycles. The minimum Gasteiger partial charge on any atom is -0.322 e. The number of anilines is 1. The van der Waals surface area contributed by atoms with Crippen LogP contribution in [0.4, 0.5) is 5.69 Å². The third-order valence-corrected chi connectivity index (χ3v) is 4.11. The maximum Gasteiger partial charge on any atom is 0.255 e. The van der Waals surface area contributed by atoms with Crippen molar-refractivity contribution in [3.05, 3.63) is 63.2 Å². The molecule has 2 aromatic rings. The average Bonchev–Trinajstić information content (AvgIpc) is 2.50. The van der Waals surface area contributed by atoms with Crippen molar-refractivity contribution < 1.29 is 4.79 Å². The molecule has 0 saturated heterocycles. The molecule has 0 saturated carbocycles. The van der Waals surface area contributed by atoms with Crippen LogP contribution in [0.25, 0.3) is 0 Å². The maximum absolute atomic E-state index is 12.1. The lowest BCUT2D eigenvalue weighted by molar-refractivity contribution is 0.102. The quantitative estimate of drug-likeness (QED) is 0.525. The van der Waals surface area contributed by atoms with Gasteiger partial charge in [-0.25, -0.2) is 0 Å². The van der Waals surface area contributed by atoms with Crippen molar-refractivity contribution in [1.82, 2.24) is 0 Å². The fourth-order valence-corrected chi connectivity index (χ4v) is 2.50. The fraction of sp³-hybridized carbons (Fsp3) is 0.278. The molecule has 0 bridgehead atoms. The van der Waals surface area contributed by atoms with Crippen LogP contribution in [0.5, 0.6) is 0 Å². The lowest BCUT2D eigenvalue weighted by atomic mass is 10.1. The second kappa shape index (κ2) is 8.17. The summed E-state index contributed by atoms with van der Waals surface area (Å²) in [6, 6.07) is 15.7. The first-order valence-electron chi connectivity index (χ1n) is 7.35. The van der Waals surface area contributed by atoms with Crippen molar-refractivity contribution in [2.75, 3.05) is 5.32 Å². The van der Waals surface area contributed by atoms with Crippen LogP contribution in [0.2, 0.25) is 0 Å². The smallest absolute Gasteiger partial charge is 0.255 e. The van der Waals surface area contributed by atoms with Gasteiger partial charge in [-0.05, 0) is 77.4 Å². The van der Waals surface area contributed by atoms with Gasteiger partial charge in [0.15, 0.2) is 0 Å². The summed E-state index contributed by atoms with van der Waals surface area (Å²) in [6.07, 6.45) is 4.85. The molecule has 0 unspecified atom stereocenters. The van der Waals surface area contributed by atoms with E-state index in [1.54, 1.807) is 0 Å². The monoisotopic (exact) mass is 393 g/mol. The fourth-order valence-electron chi connectivity index (χ4n) is 2.14. The van der Waals surface area contributed by atoms with Gasteiger partial charge in [0, 0.05) is 14.8 Å². The number of unbranched alkanes of at least 4 members (excludes halogenated alkanes) is 2. The van der Waals surface area contributed by atoms with E-state index in [4.69, 9.17) is 0 Å². The topological polar surface area (TPSA) is 29.1 Å². The molecule has 0 fully saturated rings. The lowest BCUT2D eigenvalue weighted by Gasteiger charge is -2.07. The van der Waals surface area contributed by atoms with Crippen LogP contribution in [0.3, 0.4) is 0 Å². The van der Waals surface area contributed by atoms with Crippen LogP contribution in [0, 0.1) is 3.57 Å². The minimum atomic E-state index is -0.0647. The molecule has 0 spiro atoms. The predicted molar refractivity (Wildman–Crippen MR) is 96.8 cm³/mol. The number of amides is 1. The molecule has 0 aliphatic carbocycles. The van der Waals surface area contributed by atoms with Gasteiger partial charge in [-0.1, -0.05) is 31.9 Å². The number of halogens is 1. The number of hydrogen-bond donors (Lipinski definition) is 1. The molecule has 3 heteroatoms. The van der Waals surface area contributed by atoms with E-state index >= 15 is 0 Å². The van der Waals surface area contributed by atoms with Gasteiger partial charge in [-0.3, -0.25) is 4.79 Å². The summed E-state index contributed by atoms with van der Waals surface area (Å²) in [5, 5.41) is 2.93. The number of rotatable bonds is 6. The van der Waals surface area contributed by atoms with Gasteiger partial charge in [0.25, 0.3) is 5.91 Å². The number of aryl methyl sites for hydroxylation is 1. The zero-order chi connectivity index (χ0) is 15.1. The van der Waals surface area contributed by atoms with E-state index in [-0.39, 0.29) is 5.91 Å². The van der Waals surface area contributed by atoms with E-state index < -0.39 is 0 Å². The molecule has 0 aromatic heterocycles. The van der Waals surface area contributed by atoms with Gasteiger partial charge in [0.2, 0.25) is 0 Å². The Kier molecular flexibility index (Phi) is 6.23. The Morgan fingerprint density at radius 1 is 1.00 bits per heavy atom. The van der Waals surface area contributed by atoms with Crippen molar-refractivity contribution >= 4 is 34.2 Å². The van der Waals surface area contributed by atoms with Gasteiger partial charge in [0.1, 0.15) is 0 Å². The molecule has 0 aliphatic rings. The van der Waals surface area contributed by atoms with Crippen LogP contribution < -0.4 is 5.32 Å². The van der Waals surface area contributed by atoms with E-state index in [1.807, 2.05) is 36.4 Å². The SMILES string of the molecule is CCCCCc1ccc(NC(=O)c2ccc(I)cc2)cc1. The average molecular weight is 393 g/mol. The van der Waals surface area contributed by atoms with Crippen LogP contribution >= 0.6 is 22.6 Å². The minimum absolute atomic E-state index is 0.0647. The van der Waals surface area contributed by atoms with E-state index in [0.717, 1.165) is 15.7 Å². The molecular formula is C18H20INO. The van der Waals surface area contributed by atoms with Crippen molar-refractivity contribution in [1.29, 1.82) is 0 Å². The van der Waals surface area contributed by atoms with Gasteiger partial charge in [-0.15, -0.1) is 0 Å². The summed E-state index contributed by atoms with van der Waals surface area (Å²) in [6.45, 7) is 2.21. The Bertz CT molecular complexity index is 575. The Hall–Kier alpha value is -1.36. The van der Waals surface area contributed by atoms with E-state index in [9.17, 15) is 4.79 Å². The zero-order valence-corrected chi connectivity index (χ0v) is 14.4. The molecule has 2 rings (SSSR count). The second-order valence-electron chi connectivity index (χ2n) is 5.12. The summed E-state index contributed by atoms with van der Waals surface area (Å²) < 4.78 is 1.13. The highest BCUT2D eigenvalue weighted by Gasteiger charge is 2.05. The number of benzene rings is 2. The number of nitrogens with one attached hydrogen (secondary N) is 1. The summed E-state index contributed by atoms with van der Waals surface area (Å²) in [5.41, 5.74) is 2.86. The van der Waals surface area contributed by atoms with Crippen molar-refractivity contribution in [3.8, 4) is 0 Å². The highest BCUT2D eigenvalue weighted by atomic mass is 127. The Labute approximate surface area is 140 Å². The highest BCUT2D eigenvalue weighted by molar-refractivity contribution is 14.1. The summed E-state index contributed by atoms with van der Waals surface area (Å²) in [4.78, 5) is 12.1. The molecule has 21 heavy (non-hydrogen) atoms. The molecule has 0 heterocycles. The molecule has 2 aromatic carbocycles. The van der Waals surface area contributed by atoms with Crippen molar-refractivity contribution in [2.24, 2.45) is 0 Å². The van der Waals surface area contributed by atoms with E-state index in [2.05, 4.69) is 47.0 Å². The number of carbonyl (C=O) groups is 1. The molecule has 0 atom stereocenters. The van der Waals surface area contributed by atoms with Gasteiger partial charge < -0.3 is 5.32 Å². The van der Waals surface area contributed by atoms with Gasteiger partial charge in [-0.2, -0.15) is 0 Å². The number of carbonyl (C=O) groups excluding carboxylic acids is 1. The van der Waals surface area contributed by atoms with Crippen LogP contribution in [-0.4, -0.2) is 5.91 Å². The van der Waals surface area contributed by atoms with E-state index in [1.165, 1.54) is 24.8 Å². The molecular weight excluding hydrogens is 373 g/mol. The maximum atomic E-state index is 12.1. The third kappa shape index (κ3) is 5.16. The Morgan fingerprint density at radius 2 is 1.67 bits per heavy atom. The molecule has 110 valence electrons. The van der Waals surface area contributed by atoms with Gasteiger partial charge >= 0.3 is 0 Å². The molecule has 0 radical (unpaired) electrons. The Balaban J connectivity index is 1.93. The third-order valence-electron chi connectivity index (χ3n) is 3.39. The van der Waals surface area contributed by atoms with Crippen molar-refractivity contribution in [2.45, 2.75) is 32.6 Å². The van der Waals surface area contributed by atoms with Crippen LogP contribution in [0.1, 0.15) is 42.1 Å². The first-order chi connectivity index (χ1) is 10.2. The first-order valence-corrected chi connectivity index (χ1v) is 8.43. The van der Waals surface area contributed by atoms with E-state index in [0.29, 0.717) is 5.56 Å². The van der Waals surface area contributed by atoms with Crippen molar-refractivity contribution in [3.63, 3.8) is 0 Å². The molecule has 2 nitrogen and oxygen atoms in total. The lowest BCUT2D eigenvalue weighted by Crippen LogP contribution is -2.11. The normalized spacial score (nSPS) is 10.4. The van der Waals surface area contributed by atoms with Crippen LogP contribution in [-0.2, 0) is 6.42 Å². The van der Waals surface area contributed by atoms with Gasteiger partial charge in [0.05, 0.1) is 0 Å². The Morgan fingerprint density at radius 3 is 2.29 bits per heavy atom. The second-order valence-corrected chi connectivity index (χ2v) is 6.36. The van der Waals surface area contributed by atoms with Crippen LogP contribution in [0.15, 0.2) is 48.5 Å². The number of hydrogen-bond acceptors (Lipinski definition) is 1. The summed E-state index contributed by atoms with van der Waals surface area (Å²) >= 11 is 2.23. The molecule has 1 N–H and O–H groups in total. The zero-order valence-electron chi connectivity index (χ0n) is 12.2. The highest BCUT2D eigenvalue weighted by Crippen LogP contribution is 2.14. The molecule has 1 amide bonds. The standard InChI is InChI=1S/C18H20INO/c1-2-3-4-5-14-6-12-17(13-7-14)20-18(21)15-8-10-16(19)11-9-15/h6-13H,2-5H2,1H3,(H,20,21). The summed E-state index contributed by atoms with van der Waals surface area (Å²) in [5.74, 6) is -0.0647. The first kappa shape index (κ1) is 16.0.